The number of esters is 2. The Labute approximate surface area is 179 Å². The number of carbonyl (C=O) groups is 2. The average molecular weight is 431 g/mol. The van der Waals surface area contributed by atoms with Gasteiger partial charge in [-0.3, -0.25) is 9.59 Å². The van der Waals surface area contributed by atoms with Crippen molar-refractivity contribution in [3.63, 3.8) is 0 Å². The molecule has 2 saturated heterocycles. The van der Waals surface area contributed by atoms with Gasteiger partial charge >= 0.3 is 11.9 Å². The van der Waals surface area contributed by atoms with E-state index in [1.807, 2.05) is 20.8 Å². The van der Waals surface area contributed by atoms with Crippen molar-refractivity contribution in [3.8, 4) is 0 Å². The maximum Gasteiger partial charge on any atom is 0.303 e. The minimum absolute atomic E-state index is 0.00873. The molecule has 2 fully saturated rings. The van der Waals surface area contributed by atoms with Crippen molar-refractivity contribution in [3.05, 3.63) is 0 Å². The lowest BCUT2D eigenvalue weighted by Crippen LogP contribution is -2.55. The molecule has 0 aromatic carbocycles. The van der Waals surface area contributed by atoms with Crippen LogP contribution in [0.25, 0.3) is 0 Å². The second kappa shape index (κ2) is 10.9. The van der Waals surface area contributed by atoms with Crippen molar-refractivity contribution in [2.75, 3.05) is 6.61 Å². The molecular formula is C22H38O8. The summed E-state index contributed by atoms with van der Waals surface area (Å²) >= 11 is 0. The molecule has 2 heterocycles. The van der Waals surface area contributed by atoms with Crippen LogP contribution in [0.2, 0.25) is 0 Å². The Bertz CT molecular complexity index is 581. The molecule has 0 bridgehead atoms. The minimum atomic E-state index is -1.17. The van der Waals surface area contributed by atoms with Gasteiger partial charge in [0.2, 0.25) is 0 Å². The van der Waals surface area contributed by atoms with E-state index in [9.17, 15) is 14.7 Å². The lowest BCUT2D eigenvalue weighted by atomic mass is 9.81. The number of rotatable bonds is 7. The van der Waals surface area contributed by atoms with Gasteiger partial charge in [-0.05, 0) is 18.8 Å². The highest BCUT2D eigenvalue weighted by atomic mass is 16.7. The molecule has 0 saturated carbocycles. The first kappa shape index (κ1) is 25.0. The van der Waals surface area contributed by atoms with Crippen LogP contribution in [0.1, 0.15) is 61.3 Å². The summed E-state index contributed by atoms with van der Waals surface area (Å²) in [6.45, 7) is 13.1. The third-order valence-corrected chi connectivity index (χ3v) is 6.64. The molecule has 4 unspecified atom stereocenters. The van der Waals surface area contributed by atoms with Gasteiger partial charge < -0.3 is 28.8 Å². The van der Waals surface area contributed by atoms with Gasteiger partial charge in [0.1, 0.15) is 0 Å². The SMILES string of the molecule is CCC1O[C@H](OC[C@@H]2C(CC)O[C@H](O)C(OC(C)=O)[C@H]2C)C(OC(C)=O)[C@@H](C)[C@@H]1C. The van der Waals surface area contributed by atoms with E-state index in [-0.39, 0.29) is 48.5 Å². The molecule has 10 atom stereocenters. The Morgan fingerprint density at radius 2 is 1.40 bits per heavy atom. The Morgan fingerprint density at radius 1 is 0.833 bits per heavy atom. The van der Waals surface area contributed by atoms with Gasteiger partial charge in [-0.25, -0.2) is 0 Å². The third-order valence-electron chi connectivity index (χ3n) is 6.64. The zero-order chi connectivity index (χ0) is 22.6. The Balaban J connectivity index is 2.15. The highest BCUT2D eigenvalue weighted by Crippen LogP contribution is 2.37. The molecule has 8 nitrogen and oxygen atoms in total. The maximum atomic E-state index is 11.7. The fourth-order valence-electron chi connectivity index (χ4n) is 4.64. The number of hydrogen-bond donors (Lipinski definition) is 1. The van der Waals surface area contributed by atoms with Gasteiger partial charge in [-0.15, -0.1) is 0 Å². The first-order chi connectivity index (χ1) is 14.1. The fraction of sp³-hybridized carbons (Fsp3) is 0.909. The molecule has 2 aliphatic heterocycles. The summed E-state index contributed by atoms with van der Waals surface area (Å²) in [4.78, 5) is 23.1. The Hall–Kier alpha value is -1.22. The summed E-state index contributed by atoms with van der Waals surface area (Å²) < 4.78 is 28.9. The number of hydrogen-bond acceptors (Lipinski definition) is 8. The van der Waals surface area contributed by atoms with Crippen molar-refractivity contribution < 1.29 is 38.4 Å². The molecule has 0 radical (unpaired) electrons. The summed E-state index contributed by atoms with van der Waals surface area (Å²) in [7, 11) is 0. The van der Waals surface area contributed by atoms with Gasteiger partial charge in [0.05, 0.1) is 18.8 Å². The molecule has 8 heteroatoms. The summed E-state index contributed by atoms with van der Waals surface area (Å²) in [6.07, 6.45) is -1.87. The van der Waals surface area contributed by atoms with E-state index in [2.05, 4.69) is 13.8 Å². The number of carbonyl (C=O) groups excluding carboxylic acids is 2. The van der Waals surface area contributed by atoms with E-state index in [0.717, 1.165) is 6.42 Å². The quantitative estimate of drug-likeness (QED) is 0.615. The molecule has 1 N–H and O–H groups in total. The molecule has 0 amide bonds. The van der Waals surface area contributed by atoms with Crippen LogP contribution in [0.4, 0.5) is 0 Å². The lowest BCUT2D eigenvalue weighted by Gasteiger charge is -2.46. The Morgan fingerprint density at radius 3 is 1.93 bits per heavy atom. The van der Waals surface area contributed by atoms with E-state index in [4.69, 9.17) is 23.7 Å². The topological polar surface area (TPSA) is 101 Å². The van der Waals surface area contributed by atoms with Crippen molar-refractivity contribution in [2.24, 2.45) is 23.7 Å². The van der Waals surface area contributed by atoms with Crippen LogP contribution < -0.4 is 0 Å². The zero-order valence-corrected chi connectivity index (χ0v) is 19.2. The molecule has 2 aliphatic rings. The number of ether oxygens (including phenoxy) is 5. The van der Waals surface area contributed by atoms with E-state index in [1.54, 1.807) is 0 Å². The van der Waals surface area contributed by atoms with Crippen molar-refractivity contribution >= 4 is 11.9 Å². The number of aliphatic hydroxyl groups is 1. The molecule has 2 rings (SSSR count). The smallest absolute Gasteiger partial charge is 0.303 e. The lowest BCUT2D eigenvalue weighted by molar-refractivity contribution is -0.297. The van der Waals surface area contributed by atoms with Crippen LogP contribution >= 0.6 is 0 Å². The van der Waals surface area contributed by atoms with Crippen molar-refractivity contribution in [1.82, 2.24) is 0 Å². The average Bonchev–Trinajstić information content (AvgIpc) is 2.68. The molecule has 0 spiro atoms. The van der Waals surface area contributed by atoms with Crippen LogP contribution in [-0.4, -0.2) is 60.6 Å². The molecular weight excluding hydrogens is 392 g/mol. The molecule has 0 aliphatic carbocycles. The second-order valence-electron chi connectivity index (χ2n) is 8.65. The predicted molar refractivity (Wildman–Crippen MR) is 108 cm³/mol. The number of aliphatic hydroxyl groups excluding tert-OH is 1. The molecule has 0 aromatic rings. The third kappa shape index (κ3) is 5.72. The molecule has 30 heavy (non-hydrogen) atoms. The summed E-state index contributed by atoms with van der Waals surface area (Å²) in [5, 5.41) is 10.3. The van der Waals surface area contributed by atoms with Crippen LogP contribution in [0.15, 0.2) is 0 Å². The maximum absolute atomic E-state index is 11.7. The van der Waals surface area contributed by atoms with E-state index < -0.39 is 30.8 Å². The second-order valence-corrected chi connectivity index (χ2v) is 8.65. The van der Waals surface area contributed by atoms with Crippen LogP contribution in [0, 0.1) is 23.7 Å². The van der Waals surface area contributed by atoms with Gasteiger partial charge in [0.15, 0.2) is 24.8 Å². The van der Waals surface area contributed by atoms with Crippen LogP contribution in [0.3, 0.4) is 0 Å². The van der Waals surface area contributed by atoms with Gasteiger partial charge in [0.25, 0.3) is 0 Å². The van der Waals surface area contributed by atoms with Gasteiger partial charge in [-0.1, -0.05) is 34.6 Å². The van der Waals surface area contributed by atoms with Crippen LogP contribution in [-0.2, 0) is 33.3 Å². The molecule has 0 aromatic heterocycles. The van der Waals surface area contributed by atoms with Gasteiger partial charge in [-0.2, -0.15) is 0 Å². The monoisotopic (exact) mass is 430 g/mol. The van der Waals surface area contributed by atoms with Crippen molar-refractivity contribution in [2.45, 2.75) is 98.3 Å². The first-order valence-electron chi connectivity index (χ1n) is 11.1. The molecule has 174 valence electrons. The zero-order valence-electron chi connectivity index (χ0n) is 19.2. The predicted octanol–water partition coefficient (Wildman–Crippen LogP) is 2.65. The summed E-state index contributed by atoms with van der Waals surface area (Å²) in [5.41, 5.74) is 0. The van der Waals surface area contributed by atoms with E-state index in [1.165, 1.54) is 13.8 Å². The standard InChI is InChI=1S/C22H38O8/c1-8-17-11(3)12(4)20(28-15(7)24)22(30-17)26-10-16-13(5)19(27-14(6)23)21(25)29-18(16)9-2/h11-13,16-22,25H,8-10H2,1-7H3/t11-,12-,13-,16-,17?,18?,19?,20?,21-,22-/m0/s1. The van der Waals surface area contributed by atoms with E-state index >= 15 is 0 Å². The van der Waals surface area contributed by atoms with Crippen molar-refractivity contribution in [1.29, 1.82) is 0 Å². The highest BCUT2D eigenvalue weighted by Gasteiger charge is 2.47. The minimum Gasteiger partial charge on any atom is -0.457 e. The van der Waals surface area contributed by atoms with Crippen LogP contribution in [0.5, 0.6) is 0 Å². The normalized spacial score (nSPS) is 41.9. The first-order valence-corrected chi connectivity index (χ1v) is 11.1. The largest absolute Gasteiger partial charge is 0.457 e. The fourth-order valence-corrected chi connectivity index (χ4v) is 4.64. The Kier molecular flexibility index (Phi) is 9.09. The summed E-state index contributed by atoms with van der Waals surface area (Å²) in [6, 6.07) is 0. The van der Waals surface area contributed by atoms with E-state index in [0.29, 0.717) is 6.42 Å². The summed E-state index contributed by atoms with van der Waals surface area (Å²) in [5.74, 6) is -0.845. The van der Waals surface area contributed by atoms with Gasteiger partial charge in [0, 0.05) is 31.6 Å². The highest BCUT2D eigenvalue weighted by molar-refractivity contribution is 5.66.